The lowest BCUT2D eigenvalue weighted by molar-refractivity contribution is -0.158. The molecule has 1 aromatic rings. The molecule has 5 nitrogen and oxygen atoms in total. The molecule has 9 heteroatoms. The van der Waals surface area contributed by atoms with E-state index in [1.807, 2.05) is 13.8 Å². The quantitative estimate of drug-likeness (QED) is 0.839. The number of nitrogens with zero attached hydrogens (tertiary/aromatic N) is 3. The molecule has 1 atom stereocenters. The summed E-state index contributed by atoms with van der Waals surface area (Å²) in [6, 6.07) is -0.867. The third-order valence-corrected chi connectivity index (χ3v) is 4.81. The van der Waals surface area contributed by atoms with Gasteiger partial charge in [-0.3, -0.25) is 9.59 Å². The number of thiazole rings is 1. The lowest BCUT2D eigenvalue weighted by atomic mass is 10.2. The van der Waals surface area contributed by atoms with Gasteiger partial charge >= 0.3 is 6.18 Å². The van der Waals surface area contributed by atoms with Crippen molar-refractivity contribution in [3.05, 3.63) is 16.1 Å². The summed E-state index contributed by atoms with van der Waals surface area (Å²) in [5.74, 6) is -0.930. The molecule has 0 radical (unpaired) electrons. The third-order valence-electron chi connectivity index (χ3n) is 3.66. The molecule has 2 heterocycles. The predicted octanol–water partition coefficient (Wildman–Crippen LogP) is 2.50. The number of likely N-dealkylation sites (tertiary alicyclic amines) is 1. The summed E-state index contributed by atoms with van der Waals surface area (Å²) in [6.07, 6.45) is -4.24. The molecular formula is C14H18F3N3O2S. The largest absolute Gasteiger partial charge is 0.406 e. The van der Waals surface area contributed by atoms with Crippen LogP contribution in [0.5, 0.6) is 0 Å². The van der Waals surface area contributed by atoms with Crippen LogP contribution < -0.4 is 0 Å². The fourth-order valence-corrected chi connectivity index (χ4v) is 3.24. The van der Waals surface area contributed by atoms with Crippen molar-refractivity contribution in [1.82, 2.24) is 14.8 Å². The molecule has 128 valence electrons. The van der Waals surface area contributed by atoms with E-state index in [0.29, 0.717) is 0 Å². The van der Waals surface area contributed by atoms with Gasteiger partial charge < -0.3 is 9.80 Å². The minimum Gasteiger partial charge on any atom is -0.332 e. The summed E-state index contributed by atoms with van der Waals surface area (Å²) in [6.45, 7) is 2.62. The Bertz CT molecular complexity index is 600. The Morgan fingerprint density at radius 2 is 2.17 bits per heavy atom. The zero-order chi connectivity index (χ0) is 17.4. The molecule has 2 amide bonds. The summed E-state index contributed by atoms with van der Waals surface area (Å²) < 4.78 is 37.3. The molecule has 1 aliphatic heterocycles. The molecule has 0 aliphatic carbocycles. The van der Waals surface area contributed by atoms with E-state index in [9.17, 15) is 22.8 Å². The Hall–Kier alpha value is -1.64. The third kappa shape index (κ3) is 4.01. The Kier molecular flexibility index (Phi) is 4.98. The van der Waals surface area contributed by atoms with Crippen LogP contribution >= 0.6 is 11.3 Å². The first-order valence-electron chi connectivity index (χ1n) is 7.18. The summed E-state index contributed by atoms with van der Waals surface area (Å²) in [4.78, 5) is 30.6. The maximum absolute atomic E-state index is 12.4. The summed E-state index contributed by atoms with van der Waals surface area (Å²) in [5, 5.41) is 2.42. The van der Waals surface area contributed by atoms with Gasteiger partial charge in [0.05, 0.1) is 5.01 Å². The average Bonchev–Trinajstić information content (AvgIpc) is 3.04. The van der Waals surface area contributed by atoms with Gasteiger partial charge in [-0.2, -0.15) is 13.2 Å². The molecule has 1 fully saturated rings. The van der Waals surface area contributed by atoms with Crippen molar-refractivity contribution >= 4 is 23.2 Å². The van der Waals surface area contributed by atoms with Gasteiger partial charge in [0.1, 0.15) is 18.3 Å². The average molecular weight is 349 g/mol. The highest BCUT2D eigenvalue weighted by Crippen LogP contribution is 2.25. The first kappa shape index (κ1) is 17.7. The van der Waals surface area contributed by atoms with Gasteiger partial charge in [0.15, 0.2) is 0 Å². The predicted molar refractivity (Wildman–Crippen MR) is 79.3 cm³/mol. The standard InChI is InChI=1S/C14H18F3N3O2S/c1-8(2)11-18-9(6-23-11)12(21)19(3)10-4-5-20(13(10)22)7-14(15,16)17/h6,8,10H,4-5,7H2,1-3H3/t10-/m1/s1. The molecule has 0 bridgehead atoms. The summed E-state index contributed by atoms with van der Waals surface area (Å²) >= 11 is 1.35. The number of rotatable bonds is 4. The maximum atomic E-state index is 12.4. The van der Waals surface area contributed by atoms with Crippen LogP contribution in [0.25, 0.3) is 0 Å². The zero-order valence-corrected chi connectivity index (χ0v) is 13.9. The molecule has 23 heavy (non-hydrogen) atoms. The second-order valence-corrected chi connectivity index (χ2v) is 6.71. The second-order valence-electron chi connectivity index (χ2n) is 5.82. The molecule has 0 unspecified atom stereocenters. The van der Waals surface area contributed by atoms with Crippen LogP contribution in [0.1, 0.15) is 41.7 Å². The smallest absolute Gasteiger partial charge is 0.332 e. The number of hydrogen-bond acceptors (Lipinski definition) is 4. The number of amides is 2. The van der Waals surface area contributed by atoms with Crippen molar-refractivity contribution in [2.75, 3.05) is 20.1 Å². The number of carbonyl (C=O) groups is 2. The van der Waals surface area contributed by atoms with Crippen molar-refractivity contribution in [3.8, 4) is 0 Å². The SMILES string of the molecule is CC(C)c1nc(C(=O)N(C)[C@@H]2CCN(CC(F)(F)F)C2=O)cs1. The molecule has 0 aromatic carbocycles. The number of alkyl halides is 3. The van der Waals surface area contributed by atoms with E-state index in [-0.39, 0.29) is 24.6 Å². The minimum absolute atomic E-state index is 0.00502. The van der Waals surface area contributed by atoms with Crippen LogP contribution in [0.2, 0.25) is 0 Å². The summed E-state index contributed by atoms with van der Waals surface area (Å²) in [5.41, 5.74) is 0.225. The Morgan fingerprint density at radius 1 is 1.52 bits per heavy atom. The van der Waals surface area contributed by atoms with Crippen LogP contribution in [0.3, 0.4) is 0 Å². The first-order chi connectivity index (χ1) is 10.6. The molecule has 0 saturated carbocycles. The van der Waals surface area contributed by atoms with Gasteiger partial charge in [0.25, 0.3) is 5.91 Å². The van der Waals surface area contributed by atoms with Crippen LogP contribution in [0, 0.1) is 0 Å². The monoisotopic (exact) mass is 349 g/mol. The zero-order valence-electron chi connectivity index (χ0n) is 13.1. The van der Waals surface area contributed by atoms with E-state index in [1.54, 1.807) is 5.38 Å². The van der Waals surface area contributed by atoms with E-state index in [2.05, 4.69) is 4.98 Å². The molecular weight excluding hydrogens is 331 g/mol. The highest BCUT2D eigenvalue weighted by Gasteiger charge is 2.42. The van der Waals surface area contributed by atoms with Crippen LogP contribution in [0.4, 0.5) is 13.2 Å². The van der Waals surface area contributed by atoms with Crippen molar-refractivity contribution in [2.24, 2.45) is 0 Å². The lowest BCUT2D eigenvalue weighted by Gasteiger charge is -2.23. The maximum Gasteiger partial charge on any atom is 0.406 e. The van der Waals surface area contributed by atoms with Gasteiger partial charge in [-0.05, 0) is 6.42 Å². The Labute approximate surface area is 136 Å². The van der Waals surface area contributed by atoms with Crippen molar-refractivity contribution in [3.63, 3.8) is 0 Å². The normalized spacial score (nSPS) is 18.8. The van der Waals surface area contributed by atoms with Crippen molar-refractivity contribution in [1.29, 1.82) is 0 Å². The fraction of sp³-hybridized carbons (Fsp3) is 0.643. The van der Waals surface area contributed by atoms with Crippen LogP contribution in [-0.4, -0.2) is 59.0 Å². The number of hydrogen-bond donors (Lipinski definition) is 0. The van der Waals surface area contributed by atoms with Crippen LogP contribution in [-0.2, 0) is 4.79 Å². The van der Waals surface area contributed by atoms with Crippen molar-refractivity contribution in [2.45, 2.75) is 38.4 Å². The van der Waals surface area contributed by atoms with E-state index in [1.165, 1.54) is 23.3 Å². The van der Waals surface area contributed by atoms with Crippen molar-refractivity contribution < 1.29 is 22.8 Å². The van der Waals surface area contributed by atoms with E-state index >= 15 is 0 Å². The van der Waals surface area contributed by atoms with E-state index in [4.69, 9.17) is 0 Å². The highest BCUT2D eigenvalue weighted by molar-refractivity contribution is 7.09. The van der Waals surface area contributed by atoms with Crippen LogP contribution in [0.15, 0.2) is 5.38 Å². The number of aromatic nitrogens is 1. The molecule has 0 spiro atoms. The number of likely N-dealkylation sites (N-methyl/N-ethyl adjacent to an activating group) is 1. The molecule has 1 aromatic heterocycles. The van der Waals surface area contributed by atoms with Gasteiger partial charge in [0, 0.05) is 24.9 Å². The molecule has 2 rings (SSSR count). The fourth-order valence-electron chi connectivity index (χ4n) is 2.43. The topological polar surface area (TPSA) is 53.5 Å². The molecule has 1 saturated heterocycles. The summed E-state index contributed by atoms with van der Waals surface area (Å²) in [7, 11) is 1.43. The highest BCUT2D eigenvalue weighted by atomic mass is 32.1. The molecule has 0 N–H and O–H groups in total. The van der Waals surface area contributed by atoms with Gasteiger partial charge in [0.2, 0.25) is 5.91 Å². The van der Waals surface area contributed by atoms with Gasteiger partial charge in [-0.1, -0.05) is 13.8 Å². The number of halogens is 3. The lowest BCUT2D eigenvalue weighted by Crippen LogP contribution is -2.44. The van der Waals surface area contributed by atoms with Gasteiger partial charge in [-0.15, -0.1) is 11.3 Å². The van der Waals surface area contributed by atoms with E-state index in [0.717, 1.165) is 9.91 Å². The second kappa shape index (κ2) is 6.46. The minimum atomic E-state index is -4.44. The number of carbonyl (C=O) groups excluding carboxylic acids is 2. The Morgan fingerprint density at radius 3 is 2.70 bits per heavy atom. The Balaban J connectivity index is 2.06. The first-order valence-corrected chi connectivity index (χ1v) is 8.06. The molecule has 1 aliphatic rings. The van der Waals surface area contributed by atoms with E-state index < -0.39 is 30.6 Å². The van der Waals surface area contributed by atoms with Gasteiger partial charge in [-0.25, -0.2) is 4.98 Å².